The maximum atomic E-state index is 13.3. The zero-order valence-electron chi connectivity index (χ0n) is 8.20. The van der Waals surface area contributed by atoms with Crippen LogP contribution in [0.15, 0.2) is 17.0 Å². The summed E-state index contributed by atoms with van der Waals surface area (Å²) in [5.41, 5.74) is 0.586. The van der Waals surface area contributed by atoms with Crippen LogP contribution in [0.5, 0.6) is 0 Å². The van der Waals surface area contributed by atoms with E-state index in [-0.39, 0.29) is 10.5 Å². The van der Waals surface area contributed by atoms with E-state index in [1.54, 1.807) is 0 Å². The predicted molar refractivity (Wildman–Crippen MR) is 52.8 cm³/mol. The lowest BCUT2D eigenvalue weighted by Gasteiger charge is -2.10. The quantitative estimate of drug-likeness (QED) is 0.738. The molecule has 0 unspecified atom stereocenters. The van der Waals surface area contributed by atoms with Gasteiger partial charge in [-0.1, -0.05) is 0 Å². The highest BCUT2D eigenvalue weighted by molar-refractivity contribution is 7.90. The zero-order chi connectivity index (χ0) is 11.2. The number of benzene rings is 1. The number of sulfone groups is 1. The standard InChI is InChI=1S/C10H11FO3S/c1-15(13,14)9-5-3-7(11)6-2-4-8(12)10(6)9/h3,5,8,12H,2,4H2,1H3/t8-/m1/s1. The Morgan fingerprint density at radius 2 is 2.13 bits per heavy atom. The van der Waals surface area contributed by atoms with Crippen molar-refractivity contribution < 1.29 is 17.9 Å². The molecule has 0 saturated heterocycles. The minimum atomic E-state index is -3.40. The van der Waals surface area contributed by atoms with E-state index in [4.69, 9.17) is 0 Å². The molecule has 0 fully saturated rings. The second-order valence-corrected chi connectivity index (χ2v) is 5.75. The molecule has 5 heteroatoms. The highest BCUT2D eigenvalue weighted by Crippen LogP contribution is 2.37. The monoisotopic (exact) mass is 230 g/mol. The third kappa shape index (κ3) is 1.66. The van der Waals surface area contributed by atoms with Gasteiger partial charge >= 0.3 is 0 Å². The predicted octanol–water partition coefficient (Wildman–Crippen LogP) is 1.21. The SMILES string of the molecule is CS(=O)(=O)c1ccc(F)c2c1[C@H](O)CC2. The Bertz CT molecular complexity index is 508. The van der Waals surface area contributed by atoms with Crippen LogP contribution in [-0.2, 0) is 16.3 Å². The topological polar surface area (TPSA) is 54.4 Å². The van der Waals surface area contributed by atoms with Gasteiger partial charge in [0.05, 0.1) is 11.0 Å². The largest absolute Gasteiger partial charge is 0.388 e. The molecule has 0 radical (unpaired) electrons. The highest BCUT2D eigenvalue weighted by atomic mass is 32.2. The van der Waals surface area contributed by atoms with Crippen LogP contribution < -0.4 is 0 Å². The van der Waals surface area contributed by atoms with E-state index in [0.717, 1.165) is 12.3 Å². The number of hydrogen-bond donors (Lipinski definition) is 1. The van der Waals surface area contributed by atoms with E-state index in [0.29, 0.717) is 18.4 Å². The van der Waals surface area contributed by atoms with Gasteiger partial charge in [0.2, 0.25) is 0 Å². The fourth-order valence-corrected chi connectivity index (χ4v) is 2.96. The Morgan fingerprint density at radius 3 is 2.73 bits per heavy atom. The molecule has 15 heavy (non-hydrogen) atoms. The average Bonchev–Trinajstić information content (AvgIpc) is 2.48. The zero-order valence-corrected chi connectivity index (χ0v) is 9.01. The molecule has 1 aliphatic rings. The van der Waals surface area contributed by atoms with Gasteiger partial charge in [-0.15, -0.1) is 0 Å². The molecule has 1 aliphatic carbocycles. The van der Waals surface area contributed by atoms with Crippen molar-refractivity contribution in [2.75, 3.05) is 6.26 Å². The van der Waals surface area contributed by atoms with Crippen LogP contribution in [-0.4, -0.2) is 19.8 Å². The highest BCUT2D eigenvalue weighted by Gasteiger charge is 2.29. The van der Waals surface area contributed by atoms with Gasteiger partial charge < -0.3 is 5.11 Å². The van der Waals surface area contributed by atoms with Gasteiger partial charge in [-0.05, 0) is 30.5 Å². The summed E-state index contributed by atoms with van der Waals surface area (Å²) in [4.78, 5) is 0.0453. The smallest absolute Gasteiger partial charge is 0.175 e. The Morgan fingerprint density at radius 1 is 1.47 bits per heavy atom. The van der Waals surface area contributed by atoms with E-state index in [1.165, 1.54) is 6.07 Å². The van der Waals surface area contributed by atoms with Gasteiger partial charge in [-0.2, -0.15) is 0 Å². The van der Waals surface area contributed by atoms with Gasteiger partial charge in [0.1, 0.15) is 5.82 Å². The van der Waals surface area contributed by atoms with Crippen molar-refractivity contribution in [1.82, 2.24) is 0 Å². The molecule has 3 nitrogen and oxygen atoms in total. The third-order valence-corrected chi connectivity index (χ3v) is 3.82. The van der Waals surface area contributed by atoms with Gasteiger partial charge in [-0.25, -0.2) is 12.8 Å². The first-order valence-corrected chi connectivity index (χ1v) is 6.50. The molecule has 0 amide bonds. The summed E-state index contributed by atoms with van der Waals surface area (Å²) in [6.45, 7) is 0. The number of aliphatic hydroxyl groups is 1. The summed E-state index contributed by atoms with van der Waals surface area (Å²) >= 11 is 0. The maximum absolute atomic E-state index is 13.3. The lowest BCUT2D eigenvalue weighted by atomic mass is 10.1. The summed E-state index contributed by atoms with van der Waals surface area (Å²) in [6, 6.07) is 2.37. The normalized spacial score (nSPS) is 20.3. The molecule has 2 rings (SSSR count). The average molecular weight is 230 g/mol. The van der Waals surface area contributed by atoms with Gasteiger partial charge in [-0.3, -0.25) is 0 Å². The first-order chi connectivity index (χ1) is 6.91. The van der Waals surface area contributed by atoms with Crippen LogP contribution in [0.3, 0.4) is 0 Å². The molecule has 82 valence electrons. The molecule has 1 atom stereocenters. The van der Waals surface area contributed by atoms with Crippen LogP contribution in [0.2, 0.25) is 0 Å². The van der Waals surface area contributed by atoms with Crippen LogP contribution in [0.4, 0.5) is 4.39 Å². The van der Waals surface area contributed by atoms with Crippen molar-refractivity contribution >= 4 is 9.84 Å². The molecule has 0 bridgehead atoms. The molecule has 0 spiro atoms. The molecule has 0 aromatic heterocycles. The first kappa shape index (κ1) is 10.6. The molecular weight excluding hydrogens is 219 g/mol. The molecule has 1 aromatic rings. The summed E-state index contributed by atoms with van der Waals surface area (Å²) in [5.74, 6) is -0.436. The lowest BCUT2D eigenvalue weighted by molar-refractivity contribution is 0.177. The number of aliphatic hydroxyl groups excluding tert-OH is 1. The number of rotatable bonds is 1. The Balaban J connectivity index is 2.76. The van der Waals surface area contributed by atoms with Crippen LogP contribution in [0.1, 0.15) is 23.7 Å². The van der Waals surface area contributed by atoms with E-state index >= 15 is 0 Å². The molecule has 1 aromatic carbocycles. The lowest BCUT2D eigenvalue weighted by Crippen LogP contribution is -2.05. The number of halogens is 1. The van der Waals surface area contributed by atoms with Crippen molar-refractivity contribution in [2.45, 2.75) is 23.8 Å². The number of hydrogen-bond acceptors (Lipinski definition) is 3. The number of fused-ring (bicyclic) bond motifs is 1. The molecule has 0 aliphatic heterocycles. The Kier molecular flexibility index (Phi) is 2.31. The minimum Gasteiger partial charge on any atom is -0.388 e. The van der Waals surface area contributed by atoms with E-state index in [9.17, 15) is 17.9 Å². The summed E-state index contributed by atoms with van der Waals surface area (Å²) in [6.07, 6.45) is 0.983. The molecule has 1 N–H and O–H groups in total. The molecular formula is C10H11FO3S. The molecule has 0 heterocycles. The van der Waals surface area contributed by atoms with Crippen molar-refractivity contribution in [3.63, 3.8) is 0 Å². The van der Waals surface area contributed by atoms with Crippen molar-refractivity contribution in [2.24, 2.45) is 0 Å². The first-order valence-electron chi connectivity index (χ1n) is 4.60. The van der Waals surface area contributed by atoms with Crippen molar-refractivity contribution in [1.29, 1.82) is 0 Å². The summed E-state index contributed by atoms with van der Waals surface area (Å²) in [7, 11) is -3.40. The fraction of sp³-hybridized carbons (Fsp3) is 0.400. The van der Waals surface area contributed by atoms with Gasteiger partial charge in [0, 0.05) is 11.8 Å². The second kappa shape index (κ2) is 3.28. The van der Waals surface area contributed by atoms with Gasteiger partial charge in [0.15, 0.2) is 9.84 Å². The van der Waals surface area contributed by atoms with Crippen LogP contribution in [0.25, 0.3) is 0 Å². The summed E-state index contributed by atoms with van der Waals surface area (Å²) in [5, 5.41) is 9.62. The van der Waals surface area contributed by atoms with E-state index < -0.39 is 21.8 Å². The van der Waals surface area contributed by atoms with E-state index in [2.05, 4.69) is 0 Å². The van der Waals surface area contributed by atoms with Crippen molar-refractivity contribution in [3.05, 3.63) is 29.1 Å². The Hall–Kier alpha value is -0.940. The summed E-state index contributed by atoms with van der Waals surface area (Å²) < 4.78 is 36.2. The van der Waals surface area contributed by atoms with Crippen molar-refractivity contribution in [3.8, 4) is 0 Å². The van der Waals surface area contributed by atoms with Crippen LogP contribution in [0, 0.1) is 5.82 Å². The van der Waals surface area contributed by atoms with E-state index in [1.807, 2.05) is 0 Å². The third-order valence-electron chi connectivity index (χ3n) is 2.66. The minimum absolute atomic E-state index is 0.0453. The Labute approximate surface area is 87.5 Å². The maximum Gasteiger partial charge on any atom is 0.175 e. The fourth-order valence-electron chi connectivity index (χ4n) is 1.98. The molecule has 0 saturated carbocycles. The second-order valence-electron chi connectivity index (χ2n) is 3.76. The van der Waals surface area contributed by atoms with Crippen LogP contribution >= 0.6 is 0 Å². The van der Waals surface area contributed by atoms with Gasteiger partial charge in [0.25, 0.3) is 0 Å².